The third-order valence-electron chi connectivity index (χ3n) is 4.25. The Balaban J connectivity index is 2.40. The maximum atomic E-state index is 12.2. The average Bonchev–Trinajstić information content (AvgIpc) is 2.43. The molecule has 0 radical (unpaired) electrons. The Morgan fingerprint density at radius 2 is 1.68 bits per heavy atom. The minimum atomic E-state index is -0.0945. The lowest BCUT2D eigenvalue weighted by atomic mass is 9.77. The van der Waals surface area contributed by atoms with Gasteiger partial charge < -0.3 is 10.2 Å². The first kappa shape index (κ1) is 16.2. The molecule has 4 nitrogen and oxygen atoms in total. The molecule has 110 valence electrons. The SMILES string of the molecule is CCN(CC)CCNC(=O)C1CCCCC1C(C)=O. The number of ketones is 1. The van der Waals surface area contributed by atoms with Gasteiger partial charge in [-0.15, -0.1) is 0 Å². The second-order valence-electron chi connectivity index (χ2n) is 5.43. The van der Waals surface area contributed by atoms with E-state index in [4.69, 9.17) is 0 Å². The first-order valence-corrected chi connectivity index (χ1v) is 7.60. The first-order valence-electron chi connectivity index (χ1n) is 7.60. The van der Waals surface area contributed by atoms with E-state index in [1.807, 2.05) is 0 Å². The van der Waals surface area contributed by atoms with Crippen LogP contribution in [0, 0.1) is 11.8 Å². The molecule has 1 saturated carbocycles. The van der Waals surface area contributed by atoms with Gasteiger partial charge in [0.1, 0.15) is 5.78 Å². The highest BCUT2D eigenvalue weighted by Gasteiger charge is 2.33. The van der Waals surface area contributed by atoms with Crippen LogP contribution in [0.4, 0.5) is 0 Å². The number of carbonyl (C=O) groups excluding carboxylic acids is 2. The van der Waals surface area contributed by atoms with Crippen molar-refractivity contribution in [1.82, 2.24) is 10.2 Å². The maximum absolute atomic E-state index is 12.2. The maximum Gasteiger partial charge on any atom is 0.223 e. The molecule has 0 saturated heterocycles. The van der Waals surface area contributed by atoms with Crippen molar-refractivity contribution in [2.24, 2.45) is 11.8 Å². The van der Waals surface area contributed by atoms with Crippen molar-refractivity contribution in [1.29, 1.82) is 0 Å². The van der Waals surface area contributed by atoms with E-state index in [9.17, 15) is 9.59 Å². The van der Waals surface area contributed by atoms with Crippen LogP contribution >= 0.6 is 0 Å². The van der Waals surface area contributed by atoms with E-state index in [2.05, 4.69) is 24.1 Å². The predicted octanol–water partition coefficient (Wildman–Crippen LogP) is 1.84. The van der Waals surface area contributed by atoms with Crippen LogP contribution in [-0.4, -0.2) is 42.8 Å². The van der Waals surface area contributed by atoms with Crippen LogP contribution in [-0.2, 0) is 9.59 Å². The lowest BCUT2D eigenvalue weighted by Crippen LogP contribution is -2.42. The van der Waals surface area contributed by atoms with E-state index in [-0.39, 0.29) is 23.5 Å². The van der Waals surface area contributed by atoms with Crippen molar-refractivity contribution in [2.45, 2.75) is 46.5 Å². The number of likely N-dealkylation sites (N-methyl/N-ethyl adjacent to an activating group) is 1. The molecule has 1 N–H and O–H groups in total. The molecule has 0 heterocycles. The summed E-state index contributed by atoms with van der Waals surface area (Å²) in [7, 11) is 0. The smallest absolute Gasteiger partial charge is 0.223 e. The Morgan fingerprint density at radius 1 is 1.11 bits per heavy atom. The van der Waals surface area contributed by atoms with Crippen molar-refractivity contribution in [2.75, 3.05) is 26.2 Å². The van der Waals surface area contributed by atoms with Gasteiger partial charge in [-0.05, 0) is 32.9 Å². The third-order valence-corrected chi connectivity index (χ3v) is 4.25. The zero-order valence-electron chi connectivity index (χ0n) is 12.6. The van der Waals surface area contributed by atoms with Crippen LogP contribution < -0.4 is 5.32 Å². The Morgan fingerprint density at radius 3 is 2.21 bits per heavy atom. The second kappa shape index (κ2) is 8.31. The molecule has 0 aromatic heterocycles. The number of nitrogens with one attached hydrogen (secondary N) is 1. The fourth-order valence-corrected chi connectivity index (χ4v) is 2.94. The van der Waals surface area contributed by atoms with Crippen LogP contribution in [0.15, 0.2) is 0 Å². The average molecular weight is 268 g/mol. The molecule has 0 aromatic rings. The molecular formula is C15H28N2O2. The van der Waals surface area contributed by atoms with E-state index in [1.54, 1.807) is 6.92 Å². The van der Waals surface area contributed by atoms with Crippen LogP contribution in [0.2, 0.25) is 0 Å². The Bertz CT molecular complexity index is 301. The van der Waals surface area contributed by atoms with Gasteiger partial charge in [0.2, 0.25) is 5.91 Å². The number of rotatable bonds is 7. The highest BCUT2D eigenvalue weighted by Crippen LogP contribution is 2.30. The van der Waals surface area contributed by atoms with E-state index >= 15 is 0 Å². The topological polar surface area (TPSA) is 49.4 Å². The third kappa shape index (κ3) is 4.94. The number of hydrogen-bond donors (Lipinski definition) is 1. The minimum absolute atomic E-state index is 0.0535. The summed E-state index contributed by atoms with van der Waals surface area (Å²) in [5.74, 6) is 0.0980. The van der Waals surface area contributed by atoms with Crippen LogP contribution in [0.3, 0.4) is 0 Å². The van der Waals surface area contributed by atoms with Gasteiger partial charge in [0, 0.05) is 24.9 Å². The largest absolute Gasteiger partial charge is 0.355 e. The summed E-state index contributed by atoms with van der Waals surface area (Å²) in [5.41, 5.74) is 0. The van der Waals surface area contributed by atoms with Gasteiger partial charge in [0.15, 0.2) is 0 Å². The molecule has 4 heteroatoms. The molecule has 1 amide bonds. The lowest BCUT2D eigenvalue weighted by Gasteiger charge is -2.29. The van der Waals surface area contributed by atoms with Crippen LogP contribution in [0.1, 0.15) is 46.5 Å². The zero-order valence-corrected chi connectivity index (χ0v) is 12.6. The molecule has 2 atom stereocenters. The van der Waals surface area contributed by atoms with Crippen LogP contribution in [0.5, 0.6) is 0 Å². The molecule has 1 aliphatic carbocycles. The van der Waals surface area contributed by atoms with Crippen molar-refractivity contribution in [3.05, 3.63) is 0 Å². The molecule has 2 unspecified atom stereocenters. The van der Waals surface area contributed by atoms with Gasteiger partial charge >= 0.3 is 0 Å². The van der Waals surface area contributed by atoms with E-state index in [1.165, 1.54) is 0 Å². The number of Topliss-reactive ketones (excluding diaryl/α,β-unsaturated/α-hetero) is 1. The second-order valence-corrected chi connectivity index (χ2v) is 5.43. The molecular weight excluding hydrogens is 240 g/mol. The van der Waals surface area contributed by atoms with Crippen molar-refractivity contribution in [3.63, 3.8) is 0 Å². The summed E-state index contributed by atoms with van der Waals surface area (Å²) in [6.45, 7) is 9.44. The van der Waals surface area contributed by atoms with Crippen LogP contribution in [0.25, 0.3) is 0 Å². The van der Waals surface area contributed by atoms with Gasteiger partial charge in [-0.25, -0.2) is 0 Å². The molecule has 1 aliphatic rings. The number of carbonyl (C=O) groups is 2. The zero-order chi connectivity index (χ0) is 14.3. The van der Waals surface area contributed by atoms with Gasteiger partial charge in [-0.3, -0.25) is 9.59 Å². The monoisotopic (exact) mass is 268 g/mol. The summed E-state index contributed by atoms with van der Waals surface area (Å²) >= 11 is 0. The quantitative estimate of drug-likeness (QED) is 0.766. The molecule has 0 bridgehead atoms. The number of nitrogens with zero attached hydrogens (tertiary/aromatic N) is 1. The lowest BCUT2D eigenvalue weighted by molar-refractivity contribution is -0.134. The minimum Gasteiger partial charge on any atom is -0.355 e. The molecule has 1 rings (SSSR count). The van der Waals surface area contributed by atoms with Crippen molar-refractivity contribution >= 4 is 11.7 Å². The van der Waals surface area contributed by atoms with E-state index in [0.717, 1.165) is 45.3 Å². The summed E-state index contributed by atoms with van der Waals surface area (Å²) in [4.78, 5) is 26.1. The molecule has 0 aliphatic heterocycles. The van der Waals surface area contributed by atoms with Gasteiger partial charge in [0.25, 0.3) is 0 Å². The normalized spacial score (nSPS) is 23.4. The molecule has 19 heavy (non-hydrogen) atoms. The van der Waals surface area contributed by atoms with Gasteiger partial charge in [0.05, 0.1) is 0 Å². The van der Waals surface area contributed by atoms with Gasteiger partial charge in [-0.1, -0.05) is 26.7 Å². The number of hydrogen-bond acceptors (Lipinski definition) is 3. The Hall–Kier alpha value is -0.900. The fourth-order valence-electron chi connectivity index (χ4n) is 2.94. The highest BCUT2D eigenvalue weighted by atomic mass is 16.2. The molecule has 0 spiro atoms. The standard InChI is InChI=1S/C15H28N2O2/c1-4-17(5-2)11-10-16-15(19)14-9-7-6-8-13(14)12(3)18/h13-14H,4-11H2,1-3H3,(H,16,19). The Labute approximate surface area is 116 Å². The first-order chi connectivity index (χ1) is 9.10. The number of amides is 1. The highest BCUT2D eigenvalue weighted by molar-refractivity contribution is 5.87. The summed E-state index contributed by atoms with van der Waals surface area (Å²) < 4.78 is 0. The summed E-state index contributed by atoms with van der Waals surface area (Å²) in [6.07, 6.45) is 3.89. The van der Waals surface area contributed by atoms with E-state index in [0.29, 0.717) is 6.54 Å². The fraction of sp³-hybridized carbons (Fsp3) is 0.867. The van der Waals surface area contributed by atoms with E-state index < -0.39 is 0 Å². The van der Waals surface area contributed by atoms with Gasteiger partial charge in [-0.2, -0.15) is 0 Å². The predicted molar refractivity (Wildman–Crippen MR) is 76.9 cm³/mol. The molecule has 0 aromatic carbocycles. The van der Waals surface area contributed by atoms with Crippen molar-refractivity contribution in [3.8, 4) is 0 Å². The Kier molecular flexibility index (Phi) is 7.06. The summed E-state index contributed by atoms with van der Waals surface area (Å²) in [6, 6.07) is 0. The summed E-state index contributed by atoms with van der Waals surface area (Å²) in [5, 5.41) is 3.00. The van der Waals surface area contributed by atoms with Crippen molar-refractivity contribution < 1.29 is 9.59 Å². The molecule has 1 fully saturated rings.